The van der Waals surface area contributed by atoms with Crippen LogP contribution in [0.1, 0.15) is 46.5 Å². The topological polar surface area (TPSA) is 105 Å². The van der Waals surface area contributed by atoms with Crippen LogP contribution in [0.5, 0.6) is 5.88 Å². The highest BCUT2D eigenvalue weighted by atomic mass is 19.1. The highest BCUT2D eigenvalue weighted by Crippen LogP contribution is 2.32. The molecule has 10 nitrogen and oxygen atoms in total. The number of aromatic nitrogens is 4. The number of carbonyl (C=O) groups excluding carboxylic acids is 1. The van der Waals surface area contributed by atoms with Crippen molar-refractivity contribution in [1.82, 2.24) is 24.5 Å². The minimum Gasteiger partial charge on any atom is -0.470 e. The molecule has 3 aromatic heterocycles. The lowest BCUT2D eigenvalue weighted by molar-refractivity contribution is 0.00675. The molecular weight excluding hydrogens is 479 g/mol. The lowest BCUT2D eigenvalue weighted by atomic mass is 10.1. The maximum absolute atomic E-state index is 15.8. The number of hydrogen-bond acceptors (Lipinski definition) is 8. The van der Waals surface area contributed by atoms with Crippen LogP contribution in [0.25, 0.3) is 16.9 Å². The van der Waals surface area contributed by atoms with Crippen molar-refractivity contribution in [3.05, 3.63) is 36.4 Å². The van der Waals surface area contributed by atoms with E-state index in [1.165, 1.54) is 0 Å². The van der Waals surface area contributed by atoms with Crippen LogP contribution < -0.4 is 9.64 Å². The molecule has 37 heavy (non-hydrogen) atoms. The van der Waals surface area contributed by atoms with Gasteiger partial charge >= 0.3 is 6.09 Å². The fourth-order valence-corrected chi connectivity index (χ4v) is 4.69. The number of fused-ring (bicyclic) bond motifs is 1. The van der Waals surface area contributed by atoms with Gasteiger partial charge in [-0.2, -0.15) is 14.5 Å². The molecule has 0 aromatic carbocycles. The van der Waals surface area contributed by atoms with Crippen LogP contribution in [0.4, 0.5) is 15.0 Å². The third kappa shape index (κ3) is 5.61. The van der Waals surface area contributed by atoms with E-state index in [0.29, 0.717) is 56.7 Å². The minimum atomic E-state index is -0.647. The van der Waals surface area contributed by atoms with E-state index in [-0.39, 0.29) is 18.2 Å². The number of hydrogen-bond donors (Lipinski definition) is 1. The van der Waals surface area contributed by atoms with Gasteiger partial charge in [-0.15, -0.1) is 0 Å². The Kier molecular flexibility index (Phi) is 6.89. The van der Waals surface area contributed by atoms with Crippen LogP contribution in [0, 0.1) is 5.82 Å². The second-order valence-electron chi connectivity index (χ2n) is 10.6. The van der Waals surface area contributed by atoms with Crippen molar-refractivity contribution < 1.29 is 23.8 Å². The highest BCUT2D eigenvalue weighted by molar-refractivity contribution is 5.76. The summed E-state index contributed by atoms with van der Waals surface area (Å²) < 4.78 is 29.2. The summed E-state index contributed by atoms with van der Waals surface area (Å²) in [5.41, 5.74) is 0.834. The number of aliphatic hydroxyl groups excluding tert-OH is 1. The van der Waals surface area contributed by atoms with Gasteiger partial charge in [0.2, 0.25) is 5.82 Å². The first kappa shape index (κ1) is 25.2. The summed E-state index contributed by atoms with van der Waals surface area (Å²) in [6.45, 7) is 7.23. The predicted molar refractivity (Wildman–Crippen MR) is 135 cm³/mol. The second-order valence-corrected chi connectivity index (χ2v) is 10.6. The summed E-state index contributed by atoms with van der Waals surface area (Å²) in [7, 11) is 0. The predicted octanol–water partition coefficient (Wildman–Crippen LogP) is 3.67. The monoisotopic (exact) mass is 512 g/mol. The molecule has 0 unspecified atom stereocenters. The summed E-state index contributed by atoms with van der Waals surface area (Å²) in [6.07, 6.45) is 4.62. The van der Waals surface area contributed by atoms with Crippen molar-refractivity contribution in [1.29, 1.82) is 0 Å². The molecule has 1 amide bonds. The van der Waals surface area contributed by atoms with Crippen molar-refractivity contribution in [3.63, 3.8) is 0 Å². The Balaban J connectivity index is 1.46. The zero-order valence-electron chi connectivity index (χ0n) is 21.4. The number of likely N-dealkylation sites (tertiary alicyclic amines) is 1. The Morgan fingerprint density at radius 1 is 1.14 bits per heavy atom. The summed E-state index contributed by atoms with van der Waals surface area (Å²) in [5.74, 6) is -0.357. The number of carbonyl (C=O) groups is 1. The first-order valence-electron chi connectivity index (χ1n) is 12.8. The average molecular weight is 513 g/mol. The van der Waals surface area contributed by atoms with Crippen LogP contribution in [-0.4, -0.2) is 79.7 Å². The molecule has 0 saturated carbocycles. The molecule has 2 saturated heterocycles. The first-order valence-corrected chi connectivity index (χ1v) is 12.8. The van der Waals surface area contributed by atoms with Gasteiger partial charge in [-0.3, -0.25) is 0 Å². The summed E-state index contributed by atoms with van der Waals surface area (Å²) in [4.78, 5) is 25.1. The van der Waals surface area contributed by atoms with Gasteiger partial charge < -0.3 is 24.4 Å². The Hall–Kier alpha value is -3.47. The zero-order valence-corrected chi connectivity index (χ0v) is 21.4. The van der Waals surface area contributed by atoms with Crippen molar-refractivity contribution in [2.45, 2.75) is 64.3 Å². The molecule has 1 N–H and O–H groups in total. The molecule has 1 atom stereocenters. The van der Waals surface area contributed by atoms with Crippen molar-refractivity contribution in [2.75, 3.05) is 31.1 Å². The van der Waals surface area contributed by atoms with Crippen molar-refractivity contribution in [3.8, 4) is 17.3 Å². The van der Waals surface area contributed by atoms with E-state index in [2.05, 4.69) is 15.1 Å². The van der Waals surface area contributed by atoms with Gasteiger partial charge in [0, 0.05) is 25.8 Å². The Morgan fingerprint density at radius 3 is 2.68 bits per heavy atom. The summed E-state index contributed by atoms with van der Waals surface area (Å²) >= 11 is 0. The summed E-state index contributed by atoms with van der Waals surface area (Å²) in [5, 5.41) is 14.3. The number of piperidine rings is 2. The third-order valence-corrected chi connectivity index (χ3v) is 6.54. The number of aliphatic hydroxyl groups is 1. The van der Waals surface area contributed by atoms with Crippen LogP contribution in [0.15, 0.2) is 30.6 Å². The largest absolute Gasteiger partial charge is 0.470 e. The Morgan fingerprint density at radius 2 is 1.92 bits per heavy atom. The van der Waals surface area contributed by atoms with E-state index in [4.69, 9.17) is 9.47 Å². The molecule has 0 spiro atoms. The lowest BCUT2D eigenvalue weighted by Gasteiger charge is -2.34. The minimum absolute atomic E-state index is 0.141. The molecule has 11 heteroatoms. The first-order chi connectivity index (χ1) is 17.7. The molecule has 2 aliphatic rings. The SMILES string of the molecule is CC(C)(C)OC(=O)N1CCC[C@@H](Oc2nc(-c3cnn4ccccc34)nc(N3CCC(O)CC3)c2F)C1. The zero-order chi connectivity index (χ0) is 26.2. The van der Waals surface area contributed by atoms with Gasteiger partial charge in [0.05, 0.1) is 29.9 Å². The molecule has 5 heterocycles. The quantitative estimate of drug-likeness (QED) is 0.565. The van der Waals surface area contributed by atoms with Crippen LogP contribution in [0.2, 0.25) is 0 Å². The van der Waals surface area contributed by atoms with E-state index < -0.39 is 29.7 Å². The molecule has 2 aliphatic heterocycles. The third-order valence-electron chi connectivity index (χ3n) is 6.54. The standard InChI is InChI=1S/C26H33FN6O4/c1-26(2,3)37-25(35)32-11-6-7-18(16-32)36-24-21(27)23(31-13-9-17(34)10-14-31)29-22(30-24)19-15-28-33-12-5-4-8-20(19)33/h4-5,8,12,15,17-18,34H,6-7,9-11,13-14,16H2,1-3H3/t18-/m1/s1. The molecule has 5 rings (SSSR count). The Bertz CT molecular complexity index is 1270. The maximum Gasteiger partial charge on any atom is 0.410 e. The normalized spacial score (nSPS) is 19.3. The molecule has 3 aromatic rings. The average Bonchev–Trinajstić information content (AvgIpc) is 3.29. The number of rotatable bonds is 4. The van der Waals surface area contributed by atoms with Gasteiger partial charge in [-0.25, -0.2) is 14.3 Å². The molecule has 0 aliphatic carbocycles. The number of halogens is 1. The smallest absolute Gasteiger partial charge is 0.410 e. The van der Waals surface area contributed by atoms with Crippen LogP contribution in [0.3, 0.4) is 0 Å². The fourth-order valence-electron chi connectivity index (χ4n) is 4.69. The highest BCUT2D eigenvalue weighted by Gasteiger charge is 2.31. The maximum atomic E-state index is 15.8. The van der Waals surface area contributed by atoms with Crippen LogP contribution in [-0.2, 0) is 4.74 Å². The fraction of sp³-hybridized carbons (Fsp3) is 0.538. The molecule has 198 valence electrons. The molecule has 2 fully saturated rings. The lowest BCUT2D eigenvalue weighted by Crippen LogP contribution is -2.46. The number of ether oxygens (including phenoxy) is 2. The number of anilines is 1. The Labute approximate surface area is 215 Å². The van der Waals surface area contributed by atoms with Crippen molar-refractivity contribution in [2.24, 2.45) is 0 Å². The van der Waals surface area contributed by atoms with Gasteiger partial charge in [-0.1, -0.05) is 6.07 Å². The number of amides is 1. The van der Waals surface area contributed by atoms with Gasteiger partial charge in [0.25, 0.3) is 5.88 Å². The second kappa shape index (κ2) is 10.1. The molecule has 0 radical (unpaired) electrons. The molecule has 0 bridgehead atoms. The van der Waals surface area contributed by atoms with Gasteiger partial charge in [0.15, 0.2) is 11.6 Å². The number of pyridine rings is 1. The molecular formula is C26H33FN6O4. The van der Waals surface area contributed by atoms with E-state index in [9.17, 15) is 9.90 Å². The van der Waals surface area contributed by atoms with E-state index >= 15 is 4.39 Å². The van der Waals surface area contributed by atoms with Gasteiger partial charge in [-0.05, 0) is 58.6 Å². The van der Waals surface area contributed by atoms with E-state index in [0.717, 1.165) is 5.52 Å². The van der Waals surface area contributed by atoms with E-state index in [1.807, 2.05) is 50.1 Å². The van der Waals surface area contributed by atoms with Gasteiger partial charge in [0.1, 0.15) is 11.7 Å². The van der Waals surface area contributed by atoms with Crippen molar-refractivity contribution >= 4 is 17.4 Å². The number of nitrogens with zero attached hydrogens (tertiary/aromatic N) is 6. The summed E-state index contributed by atoms with van der Waals surface area (Å²) in [6, 6.07) is 5.65. The van der Waals surface area contributed by atoms with E-state index in [1.54, 1.807) is 15.6 Å². The van der Waals surface area contributed by atoms with Crippen LogP contribution >= 0.6 is 0 Å².